The van der Waals surface area contributed by atoms with Gasteiger partial charge in [-0.25, -0.2) is 15.0 Å². The number of nitriles is 1. The summed E-state index contributed by atoms with van der Waals surface area (Å²) in [7, 11) is 0. The summed E-state index contributed by atoms with van der Waals surface area (Å²) in [6.07, 6.45) is 7.73. The summed E-state index contributed by atoms with van der Waals surface area (Å²) in [5, 5.41) is 13.1. The number of aromatic nitrogens is 4. The van der Waals surface area contributed by atoms with Crippen molar-refractivity contribution in [1.82, 2.24) is 24.8 Å². The third kappa shape index (κ3) is 5.31. The number of ether oxygens (including phenoxy) is 2. The SMILES string of the molecule is CC1CCN(Cc2ccc(Nc3nccc(-c4cnc(N5CCC6(COC6)C5)c(C#N)c4)n3)cn2)CCO1. The maximum Gasteiger partial charge on any atom is 0.227 e. The summed E-state index contributed by atoms with van der Waals surface area (Å²) in [6, 6.07) is 10.0. The highest BCUT2D eigenvalue weighted by Gasteiger charge is 2.45. The van der Waals surface area contributed by atoms with E-state index >= 15 is 0 Å². The van der Waals surface area contributed by atoms with E-state index in [2.05, 4.69) is 48.0 Å². The van der Waals surface area contributed by atoms with Gasteiger partial charge in [-0.1, -0.05) is 0 Å². The maximum atomic E-state index is 9.85. The van der Waals surface area contributed by atoms with E-state index in [-0.39, 0.29) is 5.41 Å². The van der Waals surface area contributed by atoms with Crippen LogP contribution in [0.2, 0.25) is 0 Å². The first-order valence-corrected chi connectivity index (χ1v) is 13.2. The summed E-state index contributed by atoms with van der Waals surface area (Å²) in [4.78, 5) is 22.9. The fourth-order valence-corrected chi connectivity index (χ4v) is 5.30. The number of pyridine rings is 2. The summed E-state index contributed by atoms with van der Waals surface area (Å²) < 4.78 is 11.2. The van der Waals surface area contributed by atoms with Crippen molar-refractivity contribution in [2.45, 2.75) is 32.4 Å². The average molecular weight is 513 g/mol. The summed E-state index contributed by atoms with van der Waals surface area (Å²) in [5.74, 6) is 1.20. The second kappa shape index (κ2) is 10.6. The summed E-state index contributed by atoms with van der Waals surface area (Å²) in [5.41, 5.74) is 4.09. The molecule has 1 atom stereocenters. The van der Waals surface area contributed by atoms with Crippen LogP contribution in [0.25, 0.3) is 11.3 Å². The van der Waals surface area contributed by atoms with E-state index in [9.17, 15) is 5.26 Å². The van der Waals surface area contributed by atoms with Gasteiger partial charge in [0.25, 0.3) is 0 Å². The fraction of sp³-hybridized carbons (Fsp3) is 0.464. The molecule has 3 fully saturated rings. The zero-order chi connectivity index (χ0) is 26.0. The third-order valence-electron chi connectivity index (χ3n) is 7.62. The van der Waals surface area contributed by atoms with E-state index in [1.165, 1.54) is 0 Å². The number of hydrogen-bond acceptors (Lipinski definition) is 10. The van der Waals surface area contributed by atoms with Gasteiger partial charge in [-0.3, -0.25) is 9.88 Å². The Hall–Kier alpha value is -3.65. The van der Waals surface area contributed by atoms with Gasteiger partial charge in [0.2, 0.25) is 5.95 Å². The summed E-state index contributed by atoms with van der Waals surface area (Å²) >= 11 is 0. The van der Waals surface area contributed by atoms with Crippen LogP contribution in [0.4, 0.5) is 17.5 Å². The van der Waals surface area contributed by atoms with Crippen molar-refractivity contribution in [3.63, 3.8) is 0 Å². The number of rotatable bonds is 6. The molecule has 1 N–H and O–H groups in total. The lowest BCUT2D eigenvalue weighted by Gasteiger charge is -2.37. The highest BCUT2D eigenvalue weighted by atomic mass is 16.5. The quantitative estimate of drug-likeness (QED) is 0.527. The number of nitrogens with one attached hydrogen (secondary N) is 1. The number of hydrogen-bond donors (Lipinski definition) is 1. The van der Waals surface area contributed by atoms with E-state index in [1.807, 2.05) is 30.5 Å². The van der Waals surface area contributed by atoms with Gasteiger partial charge >= 0.3 is 0 Å². The predicted molar refractivity (Wildman–Crippen MR) is 143 cm³/mol. The molecule has 6 rings (SSSR count). The van der Waals surface area contributed by atoms with Crippen LogP contribution in [-0.2, 0) is 16.0 Å². The van der Waals surface area contributed by atoms with Gasteiger partial charge in [-0.15, -0.1) is 0 Å². The number of anilines is 3. The van der Waals surface area contributed by atoms with Crippen LogP contribution in [0.3, 0.4) is 0 Å². The van der Waals surface area contributed by atoms with Crippen LogP contribution >= 0.6 is 0 Å². The summed E-state index contributed by atoms with van der Waals surface area (Å²) in [6.45, 7) is 9.00. The van der Waals surface area contributed by atoms with E-state index in [0.29, 0.717) is 23.3 Å². The van der Waals surface area contributed by atoms with Crippen LogP contribution in [0.1, 0.15) is 31.0 Å². The van der Waals surface area contributed by atoms with Crippen molar-refractivity contribution in [1.29, 1.82) is 5.26 Å². The minimum atomic E-state index is 0.230. The molecule has 1 spiro atoms. The molecular formula is C28H32N8O2. The van der Waals surface area contributed by atoms with Gasteiger partial charge in [0.15, 0.2) is 0 Å². The molecule has 6 heterocycles. The van der Waals surface area contributed by atoms with Gasteiger partial charge in [0.05, 0.1) is 54.8 Å². The van der Waals surface area contributed by atoms with Crippen LogP contribution in [-0.4, -0.2) is 76.9 Å². The van der Waals surface area contributed by atoms with E-state index < -0.39 is 0 Å². The monoisotopic (exact) mass is 512 g/mol. The maximum absolute atomic E-state index is 9.85. The Kier molecular flexibility index (Phi) is 6.89. The van der Waals surface area contributed by atoms with Gasteiger partial charge in [0, 0.05) is 56.1 Å². The molecule has 0 bridgehead atoms. The molecule has 0 amide bonds. The molecule has 196 valence electrons. The smallest absolute Gasteiger partial charge is 0.227 e. The Morgan fingerprint density at radius 2 is 2.05 bits per heavy atom. The lowest BCUT2D eigenvalue weighted by atomic mass is 9.85. The molecule has 3 aliphatic heterocycles. The van der Waals surface area contributed by atoms with Crippen molar-refractivity contribution >= 4 is 17.5 Å². The molecule has 3 aromatic rings. The Balaban J connectivity index is 1.12. The Morgan fingerprint density at radius 3 is 2.82 bits per heavy atom. The van der Waals surface area contributed by atoms with Crippen LogP contribution < -0.4 is 10.2 Å². The first kappa shape index (κ1) is 24.7. The number of nitrogens with zero attached hydrogens (tertiary/aromatic N) is 7. The molecule has 0 radical (unpaired) electrons. The van der Waals surface area contributed by atoms with Crippen molar-refractivity contribution in [2.75, 3.05) is 56.2 Å². The predicted octanol–water partition coefficient (Wildman–Crippen LogP) is 3.39. The van der Waals surface area contributed by atoms with Crippen molar-refractivity contribution in [3.05, 3.63) is 54.1 Å². The Labute approximate surface area is 222 Å². The largest absolute Gasteiger partial charge is 0.380 e. The normalized spacial score (nSPS) is 21.1. The molecule has 10 heteroatoms. The first-order valence-electron chi connectivity index (χ1n) is 13.2. The molecule has 3 aromatic heterocycles. The standard InChI is InChI=1S/C28H32N8O2/c1-20-5-8-35(10-11-38-20)16-24-3-2-23(15-31-24)33-27-30-7-4-25(34-27)22-12-21(13-29)26(32-14-22)36-9-6-28(17-36)18-37-19-28/h2-4,7,12,14-15,20H,5-6,8-11,16-19H2,1H3,(H,30,33,34). The zero-order valence-electron chi connectivity index (χ0n) is 21.6. The van der Waals surface area contributed by atoms with Crippen LogP contribution in [0, 0.1) is 16.7 Å². The Morgan fingerprint density at radius 1 is 1.13 bits per heavy atom. The average Bonchev–Trinajstić information content (AvgIpc) is 3.29. The molecule has 1 unspecified atom stereocenters. The molecule has 38 heavy (non-hydrogen) atoms. The minimum absolute atomic E-state index is 0.230. The lowest BCUT2D eigenvalue weighted by molar-refractivity contribution is -0.0985. The van der Waals surface area contributed by atoms with Crippen molar-refractivity contribution in [2.24, 2.45) is 5.41 Å². The van der Waals surface area contributed by atoms with Crippen LogP contribution in [0.5, 0.6) is 0 Å². The van der Waals surface area contributed by atoms with Gasteiger partial charge < -0.3 is 19.7 Å². The minimum Gasteiger partial charge on any atom is -0.380 e. The van der Waals surface area contributed by atoms with E-state index in [4.69, 9.17) is 9.47 Å². The van der Waals surface area contributed by atoms with Gasteiger partial charge in [-0.05, 0) is 44.0 Å². The molecule has 3 saturated heterocycles. The fourth-order valence-electron chi connectivity index (χ4n) is 5.30. The molecule has 0 aromatic carbocycles. The Bertz CT molecular complexity index is 1320. The van der Waals surface area contributed by atoms with Gasteiger partial charge in [0.1, 0.15) is 11.9 Å². The molecule has 3 aliphatic rings. The van der Waals surface area contributed by atoms with E-state index in [0.717, 1.165) is 88.1 Å². The highest BCUT2D eigenvalue weighted by Crippen LogP contribution is 2.40. The second-order valence-corrected chi connectivity index (χ2v) is 10.5. The van der Waals surface area contributed by atoms with Crippen LogP contribution in [0.15, 0.2) is 42.9 Å². The molecular weight excluding hydrogens is 480 g/mol. The van der Waals surface area contributed by atoms with Crippen molar-refractivity contribution in [3.8, 4) is 17.3 Å². The first-order chi connectivity index (χ1) is 18.6. The van der Waals surface area contributed by atoms with E-state index in [1.54, 1.807) is 12.4 Å². The van der Waals surface area contributed by atoms with Gasteiger partial charge in [-0.2, -0.15) is 5.26 Å². The molecule has 0 saturated carbocycles. The third-order valence-corrected chi connectivity index (χ3v) is 7.62. The molecule has 10 nitrogen and oxygen atoms in total. The highest BCUT2D eigenvalue weighted by molar-refractivity contribution is 5.67. The second-order valence-electron chi connectivity index (χ2n) is 10.5. The lowest BCUT2D eigenvalue weighted by Crippen LogP contribution is -2.44. The topological polar surface area (TPSA) is 112 Å². The van der Waals surface area contributed by atoms with Crippen molar-refractivity contribution < 1.29 is 9.47 Å². The molecule has 0 aliphatic carbocycles. The zero-order valence-corrected chi connectivity index (χ0v) is 21.6.